The summed E-state index contributed by atoms with van der Waals surface area (Å²) in [5.74, 6) is -6.68. The molecule has 0 saturated heterocycles. The van der Waals surface area contributed by atoms with Gasteiger partial charge in [0, 0.05) is 54.8 Å². The third kappa shape index (κ3) is 18.8. The first-order valence-corrected chi connectivity index (χ1v) is 25.6. The Morgan fingerprint density at radius 1 is 0.541 bits per heavy atom. The highest BCUT2D eigenvalue weighted by Crippen LogP contribution is 2.20. The van der Waals surface area contributed by atoms with Crippen LogP contribution in [0, 0.1) is 0 Å². The molecule has 0 aliphatic carbocycles. The number of nitrogens with one attached hydrogen (secondary N) is 9. The van der Waals surface area contributed by atoms with Gasteiger partial charge in [-0.1, -0.05) is 78.9 Å². The van der Waals surface area contributed by atoms with Gasteiger partial charge in [-0.05, 0) is 62.4 Å². The predicted molar refractivity (Wildman–Crippen MR) is 284 cm³/mol. The van der Waals surface area contributed by atoms with Crippen LogP contribution in [0.15, 0.2) is 91.1 Å². The van der Waals surface area contributed by atoms with Crippen LogP contribution in [-0.2, 0) is 57.6 Å². The fraction of sp³-hybridized carbons (Fsp3) is 0.451. The molecule has 0 saturated carbocycles. The second-order valence-electron chi connectivity index (χ2n) is 17.9. The number of rotatable bonds is 30. The van der Waals surface area contributed by atoms with Gasteiger partial charge in [0.1, 0.15) is 42.3 Å². The van der Waals surface area contributed by atoms with Crippen LogP contribution in [-0.4, -0.2) is 153 Å². The van der Waals surface area contributed by atoms with Crippen molar-refractivity contribution in [1.29, 1.82) is 0 Å². The van der Waals surface area contributed by atoms with Crippen LogP contribution < -0.4 is 48.3 Å². The number of hydrogen-bond acceptors (Lipinski definition) is 14. The Labute approximate surface area is 440 Å². The molecule has 21 nitrogen and oxygen atoms in total. The molecular formula is C51H70N10O11S2. The van der Waals surface area contributed by atoms with Crippen molar-refractivity contribution >= 4 is 83.4 Å². The first-order valence-electron chi connectivity index (χ1n) is 24.3. The molecule has 14 N–H and O–H groups in total. The fourth-order valence-electron chi connectivity index (χ4n) is 7.85. The van der Waals surface area contributed by atoms with Crippen molar-refractivity contribution in [1.82, 2.24) is 47.5 Å². The number of para-hydroxylation sites is 1. The molecule has 23 heteroatoms. The largest absolute Gasteiger partial charge is 0.394 e. The third-order valence-corrected chi connectivity index (χ3v) is 12.7. The van der Waals surface area contributed by atoms with E-state index in [0.29, 0.717) is 24.0 Å². The molecule has 0 aliphatic heterocycles. The Bertz CT molecular complexity index is 2480. The number of carbonyl (C=O) groups is 8. The van der Waals surface area contributed by atoms with Crippen molar-refractivity contribution < 1.29 is 53.7 Å². The van der Waals surface area contributed by atoms with E-state index in [4.69, 9.17) is 5.73 Å². The van der Waals surface area contributed by atoms with Crippen LogP contribution >= 0.6 is 25.3 Å². The maximum atomic E-state index is 14.7. The number of aromatic nitrogens is 1. The van der Waals surface area contributed by atoms with Crippen molar-refractivity contribution in [3.8, 4) is 0 Å². The Balaban J connectivity index is 1.63. The molecule has 4 aromatic rings. The molecule has 0 fully saturated rings. The number of carbonyl (C=O) groups excluding carboxylic acids is 8. The lowest BCUT2D eigenvalue weighted by Crippen LogP contribution is -2.62. The number of hydrogen-bond donors (Lipinski definition) is 15. The topological polar surface area (TPSA) is 335 Å². The van der Waals surface area contributed by atoms with Crippen LogP contribution in [0.3, 0.4) is 0 Å². The van der Waals surface area contributed by atoms with Gasteiger partial charge in [0.15, 0.2) is 0 Å². The lowest BCUT2D eigenvalue weighted by molar-refractivity contribution is -0.136. The highest BCUT2D eigenvalue weighted by atomic mass is 32.1. The molecule has 10 atom stereocenters. The zero-order valence-electron chi connectivity index (χ0n) is 41.6. The van der Waals surface area contributed by atoms with Gasteiger partial charge in [-0.2, -0.15) is 25.3 Å². The number of aliphatic hydroxyl groups excluding tert-OH is 3. The lowest BCUT2D eigenvalue weighted by Gasteiger charge is -2.29. The van der Waals surface area contributed by atoms with Gasteiger partial charge in [0.05, 0.1) is 24.9 Å². The minimum Gasteiger partial charge on any atom is -0.394 e. The van der Waals surface area contributed by atoms with E-state index in [1.807, 2.05) is 24.3 Å². The van der Waals surface area contributed by atoms with E-state index < -0.39 is 114 Å². The van der Waals surface area contributed by atoms with Gasteiger partial charge in [0.2, 0.25) is 47.3 Å². The minimum absolute atomic E-state index is 0.00208. The second-order valence-corrected chi connectivity index (χ2v) is 18.6. The van der Waals surface area contributed by atoms with E-state index in [2.05, 4.69) is 72.8 Å². The number of nitrogens with two attached hydrogens (primary N) is 1. The molecule has 0 aliphatic rings. The summed E-state index contributed by atoms with van der Waals surface area (Å²) in [6, 6.07) is 14.5. The molecule has 8 amide bonds. The molecule has 0 bridgehead atoms. The van der Waals surface area contributed by atoms with Crippen LogP contribution in [0.5, 0.6) is 0 Å². The van der Waals surface area contributed by atoms with Crippen molar-refractivity contribution in [2.45, 2.75) is 120 Å². The number of aromatic amines is 1. The van der Waals surface area contributed by atoms with E-state index in [0.717, 1.165) is 16.5 Å². The average molecular weight is 1060 g/mol. The summed E-state index contributed by atoms with van der Waals surface area (Å²) in [5.41, 5.74) is 8.52. The van der Waals surface area contributed by atoms with Crippen molar-refractivity contribution in [3.63, 3.8) is 0 Å². The van der Waals surface area contributed by atoms with E-state index in [9.17, 15) is 53.7 Å². The number of benzene rings is 3. The summed E-state index contributed by atoms with van der Waals surface area (Å²) in [4.78, 5) is 113. The quantitative estimate of drug-likeness (QED) is 0.0217. The van der Waals surface area contributed by atoms with Crippen LogP contribution in [0.25, 0.3) is 10.9 Å². The molecule has 1 aromatic heterocycles. The third-order valence-electron chi connectivity index (χ3n) is 12.0. The summed E-state index contributed by atoms with van der Waals surface area (Å²) in [5, 5.41) is 51.8. The molecule has 0 radical (unpaired) electrons. The highest BCUT2D eigenvalue weighted by Gasteiger charge is 2.36. The molecule has 1 heterocycles. The zero-order chi connectivity index (χ0) is 54.3. The molecule has 402 valence electrons. The van der Waals surface area contributed by atoms with Gasteiger partial charge >= 0.3 is 0 Å². The second kappa shape index (κ2) is 30.6. The van der Waals surface area contributed by atoms with Crippen LogP contribution in [0.1, 0.15) is 56.7 Å². The monoisotopic (exact) mass is 1060 g/mol. The number of H-pyrrole nitrogens is 1. The van der Waals surface area contributed by atoms with Crippen molar-refractivity contribution in [3.05, 3.63) is 108 Å². The lowest BCUT2D eigenvalue weighted by atomic mass is 10.0. The number of thiol groups is 2. The van der Waals surface area contributed by atoms with E-state index in [1.54, 1.807) is 66.9 Å². The molecular weight excluding hydrogens is 993 g/mol. The highest BCUT2D eigenvalue weighted by molar-refractivity contribution is 7.80. The molecule has 0 spiro atoms. The number of fused-ring (bicyclic) bond motifs is 1. The maximum Gasteiger partial charge on any atom is 0.245 e. The molecule has 4 rings (SSSR count). The van der Waals surface area contributed by atoms with E-state index in [-0.39, 0.29) is 43.7 Å². The summed E-state index contributed by atoms with van der Waals surface area (Å²) >= 11 is 8.49. The number of amides is 8. The van der Waals surface area contributed by atoms with E-state index in [1.165, 1.54) is 20.8 Å². The van der Waals surface area contributed by atoms with E-state index >= 15 is 0 Å². The van der Waals surface area contributed by atoms with Gasteiger partial charge in [-0.25, -0.2) is 0 Å². The summed E-state index contributed by atoms with van der Waals surface area (Å²) in [6.45, 7) is 3.49. The smallest absolute Gasteiger partial charge is 0.245 e. The van der Waals surface area contributed by atoms with Crippen LogP contribution in [0.2, 0.25) is 0 Å². The predicted octanol–water partition coefficient (Wildman–Crippen LogP) is -1.16. The van der Waals surface area contributed by atoms with Gasteiger partial charge in [-0.3, -0.25) is 38.4 Å². The minimum atomic E-state index is -1.66. The normalized spacial score (nSPS) is 15.3. The Kier molecular flexibility index (Phi) is 24.9. The number of aliphatic hydroxyl groups is 3. The molecule has 74 heavy (non-hydrogen) atoms. The van der Waals surface area contributed by atoms with Crippen LogP contribution in [0.4, 0.5) is 0 Å². The first-order chi connectivity index (χ1) is 35.4. The SMILES string of the molecule is CC(=O)N[C@H](Cc1ccccc1)C(=O)N[C@@H](CS)C(=O)N[C@@H](Cc1ccccc1)C(=O)N[C@H](Cc1c[nH]c2ccccc12)C(=O)N[C@@H](CCCCN)C(=O)N[C@H](C(=O)N[C@@H](CS)C(=O)N[C@H](CO)[C@@H](C)O)[C@@H](C)O. The Morgan fingerprint density at radius 2 is 0.986 bits per heavy atom. The standard InChI is InChI=1S/C51H70N10O11S2/c1-29(63)41(26-62)58-50(71)43(28-74)60-51(72)44(30(2)64)61-45(66)37(20-12-13-21-52)55-48(69)40(24-34-25-53-36-19-11-10-18-35(34)36)57-47(68)39(23-33-16-8-5-9-17-33)56-49(70)42(27-73)59-46(67)38(54-31(3)65)22-32-14-6-4-7-15-32/h4-11,14-19,25,29-30,37-44,53,62-64,73-74H,12-13,20-24,26-28,52H2,1-3H3,(H,54,65)(H,55,69)(H,56,70)(H,57,68)(H,58,71)(H,59,67)(H,60,72)(H,61,66)/t29-,30-,37+,38-,39+,40-,41-,42+,43+,44+/m1/s1. The average Bonchev–Trinajstić information content (AvgIpc) is 3.79. The van der Waals surface area contributed by atoms with Gasteiger partial charge in [-0.15, -0.1) is 0 Å². The summed E-state index contributed by atoms with van der Waals surface area (Å²) in [7, 11) is 0. The Hall–Kier alpha value is -6.50. The van der Waals surface area contributed by atoms with Crippen molar-refractivity contribution in [2.24, 2.45) is 5.73 Å². The molecule has 0 unspecified atom stereocenters. The fourth-order valence-corrected chi connectivity index (χ4v) is 8.37. The summed E-state index contributed by atoms with van der Waals surface area (Å²) < 4.78 is 0. The van der Waals surface area contributed by atoms with Gasteiger partial charge < -0.3 is 68.6 Å². The Morgan fingerprint density at radius 3 is 1.49 bits per heavy atom. The number of unbranched alkanes of at least 4 members (excludes halogenated alkanes) is 1. The summed E-state index contributed by atoms with van der Waals surface area (Å²) in [6.07, 6.45) is -0.302. The first kappa shape index (κ1) is 60.1. The zero-order valence-corrected chi connectivity index (χ0v) is 43.4. The van der Waals surface area contributed by atoms with Gasteiger partial charge in [0.25, 0.3) is 0 Å². The van der Waals surface area contributed by atoms with Crippen molar-refractivity contribution in [2.75, 3.05) is 24.7 Å². The maximum absolute atomic E-state index is 14.7. The molecule has 3 aromatic carbocycles.